The fraction of sp³-hybridized carbons (Fsp3) is 0.318. The number of morpholine rings is 1. The number of para-hydroxylation sites is 1. The Balaban J connectivity index is 1.61. The fourth-order valence-corrected chi connectivity index (χ4v) is 3.60. The van der Waals surface area contributed by atoms with Crippen molar-refractivity contribution in [1.82, 2.24) is 15.6 Å². The van der Waals surface area contributed by atoms with Crippen LogP contribution in [0.4, 0.5) is 5.69 Å². The summed E-state index contributed by atoms with van der Waals surface area (Å²) in [4.78, 5) is 46.9. The lowest BCUT2D eigenvalue weighted by Gasteiger charge is -2.23. The molecular weight excluding hydrogens is 400 g/mol. The predicted octanol–water partition coefficient (Wildman–Crippen LogP) is 1.37. The zero-order valence-corrected chi connectivity index (χ0v) is 17.0. The van der Waals surface area contributed by atoms with Gasteiger partial charge in [0.2, 0.25) is 0 Å². The zero-order valence-electron chi connectivity index (χ0n) is 17.0. The number of fused-ring (bicyclic) bond motifs is 1. The second kappa shape index (κ2) is 9.15. The van der Waals surface area contributed by atoms with Crippen molar-refractivity contribution in [3.63, 3.8) is 0 Å². The van der Waals surface area contributed by atoms with E-state index in [1.54, 1.807) is 31.2 Å². The number of benzene rings is 1. The third kappa shape index (κ3) is 4.23. The van der Waals surface area contributed by atoms with E-state index in [4.69, 9.17) is 9.47 Å². The van der Waals surface area contributed by atoms with Crippen molar-refractivity contribution in [1.29, 1.82) is 0 Å². The van der Waals surface area contributed by atoms with Gasteiger partial charge in [0.1, 0.15) is 12.1 Å². The number of nitrogens with one attached hydrogen (secondary N) is 2. The smallest absolute Gasteiger partial charge is 0.355 e. The molecule has 4 rings (SSSR count). The van der Waals surface area contributed by atoms with Gasteiger partial charge in [-0.05, 0) is 19.1 Å². The van der Waals surface area contributed by atoms with Crippen LogP contribution in [0.25, 0.3) is 0 Å². The lowest BCUT2D eigenvalue weighted by atomic mass is 9.99. The Kier molecular flexibility index (Phi) is 6.15. The van der Waals surface area contributed by atoms with E-state index in [-0.39, 0.29) is 29.2 Å². The largest absolute Gasteiger partial charge is 0.461 e. The number of nitrogens with zero attached hydrogens (tertiary/aromatic N) is 2. The highest BCUT2D eigenvalue weighted by Crippen LogP contribution is 2.34. The van der Waals surface area contributed by atoms with E-state index in [9.17, 15) is 14.4 Å². The summed E-state index contributed by atoms with van der Waals surface area (Å²) in [5, 5.41) is 5.92. The summed E-state index contributed by atoms with van der Waals surface area (Å²) in [6.07, 6.45) is 2.11. The highest BCUT2D eigenvalue weighted by molar-refractivity contribution is 6.40. The molecule has 2 aliphatic heterocycles. The molecular formula is C22H22N4O5. The van der Waals surface area contributed by atoms with Crippen LogP contribution in [0.1, 0.15) is 39.2 Å². The van der Waals surface area contributed by atoms with Gasteiger partial charge in [0.15, 0.2) is 11.5 Å². The summed E-state index contributed by atoms with van der Waals surface area (Å²) >= 11 is 0. The van der Waals surface area contributed by atoms with Crippen LogP contribution in [0.3, 0.4) is 0 Å². The van der Waals surface area contributed by atoms with E-state index in [0.717, 1.165) is 0 Å². The van der Waals surface area contributed by atoms with E-state index in [2.05, 4.69) is 20.6 Å². The Morgan fingerprint density at radius 1 is 1.23 bits per heavy atom. The monoisotopic (exact) mass is 422 g/mol. The molecule has 2 atom stereocenters. The van der Waals surface area contributed by atoms with Gasteiger partial charge in [-0.15, -0.1) is 0 Å². The van der Waals surface area contributed by atoms with E-state index in [1.165, 1.54) is 18.5 Å². The molecule has 2 N–H and O–H groups in total. The molecule has 1 aromatic carbocycles. The topological polar surface area (TPSA) is 119 Å². The quantitative estimate of drug-likeness (QED) is 0.533. The first-order valence-electron chi connectivity index (χ1n) is 10.1. The van der Waals surface area contributed by atoms with Crippen molar-refractivity contribution < 1.29 is 23.9 Å². The average Bonchev–Trinajstić information content (AvgIpc) is 3.18. The fourth-order valence-electron chi connectivity index (χ4n) is 3.60. The maximum absolute atomic E-state index is 13.2. The number of carbonyl (C=O) groups is 3. The molecule has 1 saturated heterocycles. The Hall–Kier alpha value is -3.43. The predicted molar refractivity (Wildman–Crippen MR) is 112 cm³/mol. The van der Waals surface area contributed by atoms with Crippen LogP contribution in [0.2, 0.25) is 0 Å². The molecule has 0 spiro atoms. The van der Waals surface area contributed by atoms with Crippen molar-refractivity contribution in [2.24, 2.45) is 4.99 Å². The van der Waals surface area contributed by atoms with Gasteiger partial charge in [0.05, 0.1) is 24.5 Å². The van der Waals surface area contributed by atoms with Crippen molar-refractivity contribution in [2.75, 3.05) is 26.3 Å². The van der Waals surface area contributed by atoms with Crippen LogP contribution in [-0.4, -0.2) is 60.8 Å². The highest BCUT2D eigenvalue weighted by atomic mass is 16.5. The van der Waals surface area contributed by atoms with Crippen LogP contribution in [-0.2, 0) is 14.3 Å². The third-order valence-corrected chi connectivity index (χ3v) is 5.07. The molecule has 1 aromatic heterocycles. The van der Waals surface area contributed by atoms with Gasteiger partial charge in [-0.1, -0.05) is 18.2 Å². The summed E-state index contributed by atoms with van der Waals surface area (Å²) in [6, 6.07) is 7.84. The Morgan fingerprint density at radius 3 is 2.84 bits per heavy atom. The molecule has 31 heavy (non-hydrogen) atoms. The second-order valence-electron chi connectivity index (χ2n) is 7.03. The minimum atomic E-state index is -0.793. The van der Waals surface area contributed by atoms with Gasteiger partial charge in [-0.25, -0.2) is 9.79 Å². The van der Waals surface area contributed by atoms with Gasteiger partial charge in [-0.3, -0.25) is 14.6 Å². The number of pyridine rings is 1. The summed E-state index contributed by atoms with van der Waals surface area (Å²) in [6.45, 7) is 3.35. The van der Waals surface area contributed by atoms with E-state index in [1.807, 2.05) is 0 Å². The molecule has 1 fully saturated rings. The molecule has 0 saturated carbocycles. The minimum Gasteiger partial charge on any atom is -0.461 e. The molecule has 2 aromatic rings. The van der Waals surface area contributed by atoms with Gasteiger partial charge < -0.3 is 20.1 Å². The summed E-state index contributed by atoms with van der Waals surface area (Å²) in [5.74, 6) is -1.45. The molecule has 9 heteroatoms. The first-order chi connectivity index (χ1) is 15.1. The van der Waals surface area contributed by atoms with E-state index < -0.39 is 24.0 Å². The molecule has 0 bridgehead atoms. The van der Waals surface area contributed by atoms with E-state index >= 15 is 0 Å². The van der Waals surface area contributed by atoms with Crippen molar-refractivity contribution >= 4 is 29.1 Å². The normalized spacial score (nSPS) is 19.8. The SMILES string of the molecule is CCOC(=O)C1=Nc2ccccc2C1NC(=O)c1cnccc1C(=O)C1CNCCO1. The summed E-state index contributed by atoms with van der Waals surface area (Å²) in [5.41, 5.74) is 1.67. The standard InChI is InChI=1S/C22H22N4O5/c1-2-30-22(29)19-18(14-5-3-4-6-16(14)25-19)26-21(28)15-11-23-8-7-13(15)20(27)17-12-24-9-10-31-17/h3-8,11,17-18,24H,2,9-10,12H2,1H3,(H,26,28). The first-order valence-corrected chi connectivity index (χ1v) is 10.1. The first kappa shape index (κ1) is 20.8. The maximum atomic E-state index is 13.2. The minimum absolute atomic E-state index is 0.0907. The van der Waals surface area contributed by atoms with Crippen molar-refractivity contribution in [3.8, 4) is 0 Å². The number of ether oxygens (including phenoxy) is 2. The van der Waals surface area contributed by atoms with Crippen LogP contribution < -0.4 is 10.6 Å². The van der Waals surface area contributed by atoms with Crippen molar-refractivity contribution in [2.45, 2.75) is 19.1 Å². The van der Waals surface area contributed by atoms with E-state index in [0.29, 0.717) is 30.9 Å². The van der Waals surface area contributed by atoms with Crippen LogP contribution in [0.15, 0.2) is 47.7 Å². The number of hydrogen-bond acceptors (Lipinski definition) is 8. The molecule has 9 nitrogen and oxygen atoms in total. The number of aromatic nitrogens is 1. The third-order valence-electron chi connectivity index (χ3n) is 5.07. The average molecular weight is 422 g/mol. The second-order valence-corrected chi connectivity index (χ2v) is 7.03. The van der Waals surface area contributed by atoms with Crippen molar-refractivity contribution in [3.05, 3.63) is 59.4 Å². The van der Waals surface area contributed by atoms with Gasteiger partial charge in [-0.2, -0.15) is 0 Å². The lowest BCUT2D eigenvalue weighted by Crippen LogP contribution is -2.44. The summed E-state index contributed by atoms with van der Waals surface area (Å²) < 4.78 is 10.6. The number of aliphatic imine (C=N–C) groups is 1. The molecule has 0 radical (unpaired) electrons. The molecule has 2 unspecified atom stereocenters. The molecule has 160 valence electrons. The maximum Gasteiger partial charge on any atom is 0.355 e. The molecule has 1 amide bonds. The zero-order chi connectivity index (χ0) is 21.8. The van der Waals surface area contributed by atoms with Gasteiger partial charge >= 0.3 is 5.97 Å². The van der Waals surface area contributed by atoms with Gasteiger partial charge in [0.25, 0.3) is 5.91 Å². The van der Waals surface area contributed by atoms with Crippen LogP contribution in [0.5, 0.6) is 0 Å². The Labute approximate surface area is 178 Å². The number of Topliss-reactive ketones (excluding diaryl/α,β-unsaturated/α-hetero) is 1. The van der Waals surface area contributed by atoms with Gasteiger partial charge in [0, 0.05) is 36.6 Å². The summed E-state index contributed by atoms with van der Waals surface area (Å²) in [7, 11) is 0. The highest BCUT2D eigenvalue weighted by Gasteiger charge is 2.35. The Bertz CT molecular complexity index is 1050. The number of hydrogen-bond donors (Lipinski definition) is 2. The Morgan fingerprint density at radius 2 is 2.06 bits per heavy atom. The molecule has 3 heterocycles. The number of rotatable bonds is 6. The molecule has 0 aliphatic carbocycles. The number of carbonyl (C=O) groups excluding carboxylic acids is 3. The number of ketones is 1. The lowest BCUT2D eigenvalue weighted by molar-refractivity contribution is -0.135. The van der Waals surface area contributed by atoms with Crippen LogP contribution in [0, 0.1) is 0 Å². The number of amides is 1. The number of esters is 1. The molecule has 2 aliphatic rings. The van der Waals surface area contributed by atoms with Crippen LogP contribution >= 0.6 is 0 Å².